The first-order valence-electron chi connectivity index (χ1n) is 10.4. The predicted molar refractivity (Wildman–Crippen MR) is 124 cm³/mol. The number of carbonyl (C=O) groups is 1. The van der Waals surface area contributed by atoms with Gasteiger partial charge >= 0.3 is 0 Å². The van der Waals surface area contributed by atoms with Crippen molar-refractivity contribution >= 4 is 28.9 Å². The van der Waals surface area contributed by atoms with Crippen molar-refractivity contribution in [3.63, 3.8) is 0 Å². The van der Waals surface area contributed by atoms with Gasteiger partial charge in [-0.05, 0) is 56.1 Å². The number of methoxy groups -OCH3 is 1. The Morgan fingerprint density at radius 1 is 1.13 bits per heavy atom. The largest absolute Gasteiger partial charge is 0.496 e. The molecule has 0 unspecified atom stereocenters. The lowest BCUT2D eigenvalue weighted by molar-refractivity contribution is -0.117. The van der Waals surface area contributed by atoms with Gasteiger partial charge in [0.25, 0.3) is 0 Å². The molecule has 1 amide bonds. The van der Waals surface area contributed by atoms with Crippen LogP contribution >= 0.6 is 11.6 Å². The molecule has 1 aliphatic rings. The minimum atomic E-state index is -0.0530. The number of benzene rings is 2. The smallest absolute Gasteiger partial charge is 0.238 e. The van der Waals surface area contributed by atoms with Crippen molar-refractivity contribution in [2.24, 2.45) is 0 Å². The van der Waals surface area contributed by atoms with Gasteiger partial charge in [-0.25, -0.2) is 0 Å². The van der Waals surface area contributed by atoms with E-state index in [4.69, 9.17) is 16.3 Å². The molecule has 0 spiro atoms. The van der Waals surface area contributed by atoms with E-state index in [1.807, 2.05) is 36.2 Å². The van der Waals surface area contributed by atoms with E-state index >= 15 is 0 Å². The highest BCUT2D eigenvalue weighted by atomic mass is 35.5. The van der Waals surface area contributed by atoms with Gasteiger partial charge in [-0.3, -0.25) is 9.69 Å². The molecule has 0 aliphatic carbocycles. The van der Waals surface area contributed by atoms with E-state index in [0.29, 0.717) is 11.6 Å². The van der Waals surface area contributed by atoms with Gasteiger partial charge in [0, 0.05) is 54.7 Å². The molecule has 1 N–H and O–H groups in total. The zero-order chi connectivity index (χ0) is 21.5. The van der Waals surface area contributed by atoms with Crippen LogP contribution in [0.4, 0.5) is 11.4 Å². The quantitative estimate of drug-likeness (QED) is 0.693. The third-order valence-electron chi connectivity index (χ3n) is 5.43. The monoisotopic (exact) mass is 430 g/mol. The number of likely N-dealkylation sites (N-methyl/N-ethyl adjacent to an activating group) is 2. The number of hydrogen-bond acceptors (Lipinski definition) is 5. The number of halogens is 1. The van der Waals surface area contributed by atoms with Crippen molar-refractivity contribution in [3.05, 3.63) is 53.1 Å². The maximum atomic E-state index is 12.5. The molecule has 0 aromatic heterocycles. The highest BCUT2D eigenvalue weighted by Crippen LogP contribution is 2.24. The van der Waals surface area contributed by atoms with Crippen LogP contribution in [0.1, 0.15) is 12.5 Å². The van der Waals surface area contributed by atoms with Crippen LogP contribution in [0.2, 0.25) is 5.02 Å². The Labute approximate surface area is 184 Å². The minimum Gasteiger partial charge on any atom is -0.496 e. The van der Waals surface area contributed by atoms with Crippen LogP contribution in [0.3, 0.4) is 0 Å². The predicted octanol–water partition coefficient (Wildman–Crippen LogP) is 3.56. The number of nitrogens with one attached hydrogen (secondary N) is 1. The second kappa shape index (κ2) is 10.7. The Bertz CT molecular complexity index is 836. The first-order valence-corrected chi connectivity index (χ1v) is 10.7. The van der Waals surface area contributed by atoms with Gasteiger partial charge in [0.1, 0.15) is 5.75 Å². The third-order valence-corrected chi connectivity index (χ3v) is 5.67. The van der Waals surface area contributed by atoms with Crippen LogP contribution in [0, 0.1) is 0 Å². The van der Waals surface area contributed by atoms with Crippen molar-refractivity contribution in [1.29, 1.82) is 0 Å². The molecule has 0 atom stereocenters. The summed E-state index contributed by atoms with van der Waals surface area (Å²) >= 11 is 6.09. The van der Waals surface area contributed by atoms with Crippen LogP contribution in [0.15, 0.2) is 42.5 Å². The summed E-state index contributed by atoms with van der Waals surface area (Å²) in [5.74, 6) is 0.713. The van der Waals surface area contributed by atoms with Gasteiger partial charge in [0.05, 0.1) is 13.7 Å². The third kappa shape index (κ3) is 6.11. The Morgan fingerprint density at radius 2 is 1.83 bits per heavy atom. The lowest BCUT2D eigenvalue weighted by Crippen LogP contribution is -2.46. The van der Waals surface area contributed by atoms with Crippen LogP contribution in [0.5, 0.6) is 5.75 Å². The second-order valence-corrected chi connectivity index (χ2v) is 8.08. The molecule has 1 saturated heterocycles. The van der Waals surface area contributed by atoms with Crippen molar-refractivity contribution in [3.8, 4) is 5.75 Å². The first-order chi connectivity index (χ1) is 14.5. The highest BCUT2D eigenvalue weighted by Gasteiger charge is 2.16. The normalized spacial score (nSPS) is 14.8. The van der Waals surface area contributed by atoms with Gasteiger partial charge in [0.15, 0.2) is 0 Å². The number of piperazine rings is 1. The van der Waals surface area contributed by atoms with Gasteiger partial charge in [-0.2, -0.15) is 0 Å². The second-order valence-electron chi connectivity index (χ2n) is 7.64. The summed E-state index contributed by atoms with van der Waals surface area (Å²) in [7, 11) is 3.53. The summed E-state index contributed by atoms with van der Waals surface area (Å²) in [6.07, 6.45) is 0. The molecule has 0 bridgehead atoms. The number of amides is 1. The van der Waals surface area contributed by atoms with Crippen molar-refractivity contribution in [2.45, 2.75) is 13.5 Å². The summed E-state index contributed by atoms with van der Waals surface area (Å²) < 4.78 is 5.38. The SMILES string of the molecule is CCN1CCN(c2ccc(NC(=O)CN(C)Cc3cc(Cl)ccc3OC)cc2)CC1. The summed E-state index contributed by atoms with van der Waals surface area (Å²) in [5, 5.41) is 3.63. The van der Waals surface area contributed by atoms with E-state index < -0.39 is 0 Å². The molecule has 30 heavy (non-hydrogen) atoms. The molecule has 2 aromatic rings. The van der Waals surface area contributed by atoms with Crippen LogP contribution in [-0.2, 0) is 11.3 Å². The first kappa shape index (κ1) is 22.4. The summed E-state index contributed by atoms with van der Waals surface area (Å²) in [4.78, 5) is 19.3. The summed E-state index contributed by atoms with van der Waals surface area (Å²) in [5.41, 5.74) is 2.96. The Hall–Kier alpha value is -2.28. The molecule has 1 heterocycles. The molecule has 1 aliphatic heterocycles. The summed E-state index contributed by atoms with van der Waals surface area (Å²) in [6, 6.07) is 13.6. The van der Waals surface area contributed by atoms with E-state index in [-0.39, 0.29) is 12.5 Å². The van der Waals surface area contributed by atoms with Gasteiger partial charge < -0.3 is 19.9 Å². The molecule has 0 radical (unpaired) electrons. The van der Waals surface area contributed by atoms with Crippen molar-refractivity contribution in [2.75, 3.05) is 63.6 Å². The average Bonchev–Trinajstić information content (AvgIpc) is 2.74. The Morgan fingerprint density at radius 3 is 2.47 bits per heavy atom. The zero-order valence-electron chi connectivity index (χ0n) is 18.0. The number of hydrogen-bond donors (Lipinski definition) is 1. The van der Waals surface area contributed by atoms with Crippen molar-refractivity contribution < 1.29 is 9.53 Å². The molecular formula is C23H31ClN4O2. The minimum absolute atomic E-state index is 0.0530. The van der Waals surface area contributed by atoms with Crippen LogP contribution in [-0.4, -0.2) is 69.1 Å². The lowest BCUT2D eigenvalue weighted by Gasteiger charge is -2.35. The molecule has 162 valence electrons. The van der Waals surface area contributed by atoms with E-state index in [1.165, 1.54) is 5.69 Å². The van der Waals surface area contributed by atoms with E-state index in [9.17, 15) is 4.79 Å². The maximum absolute atomic E-state index is 12.5. The van der Waals surface area contributed by atoms with Gasteiger partial charge in [0.2, 0.25) is 5.91 Å². The van der Waals surface area contributed by atoms with Gasteiger partial charge in [-0.1, -0.05) is 18.5 Å². The van der Waals surface area contributed by atoms with Crippen molar-refractivity contribution in [1.82, 2.24) is 9.80 Å². The fourth-order valence-corrected chi connectivity index (χ4v) is 3.94. The zero-order valence-corrected chi connectivity index (χ0v) is 18.8. The molecule has 3 rings (SSSR count). The topological polar surface area (TPSA) is 48.0 Å². The molecule has 6 nitrogen and oxygen atoms in total. The fraction of sp³-hybridized carbons (Fsp3) is 0.435. The maximum Gasteiger partial charge on any atom is 0.238 e. The van der Waals surface area contributed by atoms with Crippen LogP contribution in [0.25, 0.3) is 0 Å². The Balaban J connectivity index is 1.50. The number of carbonyl (C=O) groups excluding carboxylic acids is 1. The number of ether oxygens (including phenoxy) is 1. The standard InChI is InChI=1S/C23H31ClN4O2/c1-4-27-11-13-28(14-12-27)21-8-6-20(7-9-21)25-23(29)17-26(2)16-18-15-19(24)5-10-22(18)30-3/h5-10,15H,4,11-14,16-17H2,1-3H3,(H,25,29). The summed E-state index contributed by atoms with van der Waals surface area (Å²) in [6.45, 7) is 8.43. The Kier molecular flexibility index (Phi) is 7.96. The molecular weight excluding hydrogens is 400 g/mol. The van der Waals surface area contributed by atoms with E-state index in [2.05, 4.69) is 34.2 Å². The number of nitrogens with zero attached hydrogens (tertiary/aromatic N) is 3. The van der Waals surface area contributed by atoms with Crippen LogP contribution < -0.4 is 15.0 Å². The molecule has 0 saturated carbocycles. The van der Waals surface area contributed by atoms with Gasteiger partial charge in [-0.15, -0.1) is 0 Å². The fourth-order valence-electron chi connectivity index (χ4n) is 3.74. The molecule has 2 aromatic carbocycles. The van der Waals surface area contributed by atoms with E-state index in [0.717, 1.165) is 49.7 Å². The number of rotatable bonds is 8. The highest BCUT2D eigenvalue weighted by molar-refractivity contribution is 6.30. The number of anilines is 2. The molecule has 1 fully saturated rings. The molecule has 7 heteroatoms. The van der Waals surface area contributed by atoms with E-state index in [1.54, 1.807) is 13.2 Å². The lowest BCUT2D eigenvalue weighted by atomic mass is 10.2. The average molecular weight is 431 g/mol.